The summed E-state index contributed by atoms with van der Waals surface area (Å²) in [6, 6.07) is 0. The molecule has 154 valence electrons. The molecule has 1 rings (SSSR count). The van der Waals surface area contributed by atoms with Crippen LogP contribution in [0.15, 0.2) is 36.5 Å². The molecule has 2 atom stereocenters. The van der Waals surface area contributed by atoms with E-state index in [2.05, 4.69) is 37.3 Å². The first-order valence-electron chi connectivity index (χ1n) is 10.0. The number of sulfonamides is 1. The number of allylic oxidation sites excluding steroid dienone is 5. The molecule has 0 bridgehead atoms. The van der Waals surface area contributed by atoms with Crippen LogP contribution in [0.2, 0.25) is 0 Å². The van der Waals surface area contributed by atoms with E-state index in [1.807, 2.05) is 10.8 Å². The summed E-state index contributed by atoms with van der Waals surface area (Å²) >= 11 is 0. The zero-order chi connectivity index (χ0) is 20.0. The van der Waals surface area contributed by atoms with Crippen LogP contribution in [-0.2, 0) is 19.6 Å². The first kappa shape index (κ1) is 23.6. The number of carbonyl (C=O) groups excluding carboxylic acids is 1. The fourth-order valence-electron chi connectivity index (χ4n) is 2.76. The van der Waals surface area contributed by atoms with Crippen molar-refractivity contribution in [3.05, 3.63) is 36.5 Å². The van der Waals surface area contributed by atoms with Crippen molar-refractivity contribution < 1.29 is 17.9 Å². The first-order chi connectivity index (χ1) is 12.9. The molecule has 1 heterocycles. The molecule has 0 saturated carbocycles. The lowest BCUT2D eigenvalue weighted by Gasteiger charge is -2.00. The minimum absolute atomic E-state index is 0.224. The Morgan fingerprint density at radius 1 is 0.963 bits per heavy atom. The van der Waals surface area contributed by atoms with Crippen molar-refractivity contribution in [3.63, 3.8) is 0 Å². The van der Waals surface area contributed by atoms with Gasteiger partial charge in [0.2, 0.25) is 15.9 Å². The second-order valence-corrected chi connectivity index (χ2v) is 8.77. The second kappa shape index (κ2) is 13.7. The lowest BCUT2D eigenvalue weighted by molar-refractivity contribution is -0.119. The van der Waals surface area contributed by atoms with Crippen LogP contribution >= 0.6 is 0 Å². The van der Waals surface area contributed by atoms with Gasteiger partial charge < -0.3 is 4.74 Å². The normalized spacial score (nSPS) is 20.1. The Bertz CT molecular complexity index is 608. The predicted octanol–water partition coefficient (Wildman–Crippen LogP) is 4.42. The van der Waals surface area contributed by atoms with Gasteiger partial charge in [-0.1, -0.05) is 62.6 Å². The van der Waals surface area contributed by atoms with E-state index in [0.717, 1.165) is 31.9 Å². The molecule has 0 radical (unpaired) electrons. The quantitative estimate of drug-likeness (QED) is 0.252. The van der Waals surface area contributed by atoms with Crippen molar-refractivity contribution in [2.24, 2.45) is 0 Å². The molecule has 0 aromatic carbocycles. The summed E-state index contributed by atoms with van der Waals surface area (Å²) in [5.74, 6) is -0.443. The molecule has 27 heavy (non-hydrogen) atoms. The maximum atomic E-state index is 11.3. The van der Waals surface area contributed by atoms with Crippen molar-refractivity contribution in [3.8, 4) is 0 Å². The standard InChI is InChI=1S/C21H35NO4S/c1-3-4-13-16-19-20(26-19)17-14-11-9-7-5-6-8-10-12-15-18-21(23)22-27(2,24)25/h5,7-8,10-11,14,19-20H,3-4,6,9,12-13,15-18H2,1-2H3,(H,22,23)/b7-5-,10-8-,14-11-/t19-,20-/m1/s1. The lowest BCUT2D eigenvalue weighted by Crippen LogP contribution is -2.28. The Balaban J connectivity index is 1.94. The topological polar surface area (TPSA) is 75.8 Å². The van der Waals surface area contributed by atoms with E-state index in [-0.39, 0.29) is 6.42 Å². The number of hydrogen-bond donors (Lipinski definition) is 1. The van der Waals surface area contributed by atoms with Crippen LogP contribution in [0.25, 0.3) is 0 Å². The molecule has 0 aliphatic carbocycles. The highest BCUT2D eigenvalue weighted by Gasteiger charge is 2.36. The van der Waals surface area contributed by atoms with Crippen LogP contribution in [-0.4, -0.2) is 32.8 Å². The number of rotatable bonds is 15. The largest absolute Gasteiger partial charge is 0.369 e. The zero-order valence-corrected chi connectivity index (χ0v) is 17.5. The first-order valence-corrected chi connectivity index (χ1v) is 11.9. The van der Waals surface area contributed by atoms with Gasteiger partial charge in [-0.3, -0.25) is 9.52 Å². The van der Waals surface area contributed by atoms with Gasteiger partial charge in [0, 0.05) is 6.42 Å². The van der Waals surface area contributed by atoms with Crippen LogP contribution in [0.1, 0.15) is 71.1 Å². The number of carbonyl (C=O) groups is 1. The van der Waals surface area contributed by atoms with Crippen molar-refractivity contribution in [2.45, 2.75) is 83.3 Å². The number of amides is 1. The summed E-state index contributed by atoms with van der Waals surface area (Å²) < 4.78 is 29.4. The number of ether oxygens (including phenoxy) is 1. The van der Waals surface area contributed by atoms with E-state index >= 15 is 0 Å². The Labute approximate surface area is 165 Å². The molecule has 1 aliphatic heterocycles. The van der Waals surface area contributed by atoms with Crippen LogP contribution in [0, 0.1) is 0 Å². The Kier molecular flexibility index (Phi) is 12.0. The van der Waals surface area contributed by atoms with E-state index in [9.17, 15) is 13.2 Å². The molecule has 6 heteroatoms. The average molecular weight is 398 g/mol. The highest BCUT2D eigenvalue weighted by atomic mass is 32.2. The fourth-order valence-corrected chi connectivity index (χ4v) is 3.28. The summed E-state index contributed by atoms with van der Waals surface area (Å²) in [6.45, 7) is 2.22. The molecular weight excluding hydrogens is 362 g/mol. The Morgan fingerprint density at radius 3 is 2.30 bits per heavy atom. The van der Waals surface area contributed by atoms with Crippen LogP contribution in [0.5, 0.6) is 0 Å². The van der Waals surface area contributed by atoms with Crippen LogP contribution in [0.4, 0.5) is 0 Å². The zero-order valence-electron chi connectivity index (χ0n) is 16.7. The fraction of sp³-hybridized carbons (Fsp3) is 0.667. The molecule has 0 unspecified atom stereocenters. The van der Waals surface area contributed by atoms with E-state index in [0.29, 0.717) is 18.6 Å². The number of hydrogen-bond acceptors (Lipinski definition) is 4. The summed E-state index contributed by atoms with van der Waals surface area (Å²) in [7, 11) is -3.44. The molecule has 5 nitrogen and oxygen atoms in total. The molecule has 0 spiro atoms. The second-order valence-electron chi connectivity index (χ2n) is 7.02. The van der Waals surface area contributed by atoms with Gasteiger partial charge in [0.25, 0.3) is 0 Å². The van der Waals surface area contributed by atoms with Crippen molar-refractivity contribution in [1.82, 2.24) is 4.72 Å². The van der Waals surface area contributed by atoms with Gasteiger partial charge >= 0.3 is 0 Å². The minimum atomic E-state index is -3.44. The summed E-state index contributed by atoms with van der Waals surface area (Å²) in [5.41, 5.74) is 0. The monoisotopic (exact) mass is 397 g/mol. The Hall–Kier alpha value is -1.40. The third-order valence-corrected chi connectivity index (χ3v) is 4.86. The molecule has 1 aliphatic rings. The molecule has 1 fully saturated rings. The average Bonchev–Trinajstić information content (AvgIpc) is 3.33. The van der Waals surface area contributed by atoms with Crippen LogP contribution in [0.3, 0.4) is 0 Å². The third-order valence-electron chi connectivity index (χ3n) is 4.27. The maximum absolute atomic E-state index is 11.3. The summed E-state index contributed by atoms with van der Waals surface area (Å²) in [5, 5.41) is 0. The minimum Gasteiger partial charge on any atom is -0.369 e. The van der Waals surface area contributed by atoms with E-state index < -0.39 is 15.9 Å². The van der Waals surface area contributed by atoms with Crippen molar-refractivity contribution in [1.29, 1.82) is 0 Å². The number of nitrogens with one attached hydrogen (secondary N) is 1. The van der Waals surface area contributed by atoms with Gasteiger partial charge in [-0.15, -0.1) is 0 Å². The van der Waals surface area contributed by atoms with E-state index in [1.165, 1.54) is 25.7 Å². The van der Waals surface area contributed by atoms with Gasteiger partial charge in [-0.2, -0.15) is 0 Å². The smallest absolute Gasteiger partial charge is 0.233 e. The predicted molar refractivity (Wildman–Crippen MR) is 111 cm³/mol. The molecular formula is C21H35NO4S. The van der Waals surface area contributed by atoms with E-state index in [4.69, 9.17) is 4.74 Å². The number of epoxide rings is 1. The summed E-state index contributed by atoms with van der Waals surface area (Å²) in [4.78, 5) is 11.3. The Morgan fingerprint density at radius 2 is 1.63 bits per heavy atom. The SMILES string of the molecule is CCCCC[C@H]1O[C@@H]1C/C=C\C/C=C\C/C=C\CCCC(=O)NS(C)(=O)=O. The highest BCUT2D eigenvalue weighted by molar-refractivity contribution is 7.89. The molecule has 1 amide bonds. The van der Waals surface area contributed by atoms with E-state index in [1.54, 1.807) is 0 Å². The maximum Gasteiger partial charge on any atom is 0.233 e. The van der Waals surface area contributed by atoms with Gasteiger partial charge in [0.15, 0.2) is 0 Å². The van der Waals surface area contributed by atoms with Gasteiger partial charge in [-0.25, -0.2) is 8.42 Å². The van der Waals surface area contributed by atoms with Gasteiger partial charge in [-0.05, 0) is 38.5 Å². The third kappa shape index (κ3) is 14.3. The molecule has 1 N–H and O–H groups in total. The van der Waals surface area contributed by atoms with Gasteiger partial charge in [0.1, 0.15) is 0 Å². The lowest BCUT2D eigenvalue weighted by atomic mass is 10.1. The van der Waals surface area contributed by atoms with Crippen molar-refractivity contribution >= 4 is 15.9 Å². The molecule has 0 aromatic rings. The van der Waals surface area contributed by atoms with Crippen molar-refractivity contribution in [2.75, 3.05) is 6.26 Å². The molecule has 0 aromatic heterocycles. The summed E-state index contributed by atoms with van der Waals surface area (Å²) in [6.07, 6.45) is 24.2. The highest BCUT2D eigenvalue weighted by Crippen LogP contribution is 2.30. The molecule has 1 saturated heterocycles. The van der Waals surface area contributed by atoms with Gasteiger partial charge in [0.05, 0.1) is 18.5 Å². The number of unbranched alkanes of at least 4 members (excludes halogenated alkanes) is 3. The van der Waals surface area contributed by atoms with Crippen LogP contribution < -0.4 is 4.72 Å².